The molecule has 5 heteroatoms. The molecule has 2 aliphatic rings. The molecule has 1 aromatic rings. The highest BCUT2D eigenvalue weighted by molar-refractivity contribution is 5.90. The molecule has 0 spiro atoms. The smallest absolute Gasteiger partial charge is 0.322 e. The van der Waals surface area contributed by atoms with E-state index < -0.39 is 0 Å². The number of nitrogens with one attached hydrogen (secondary N) is 1. The minimum absolute atomic E-state index is 0.0327. The van der Waals surface area contributed by atoms with Crippen LogP contribution in [0.3, 0.4) is 0 Å². The maximum Gasteiger partial charge on any atom is 0.322 e. The van der Waals surface area contributed by atoms with Gasteiger partial charge in [0.25, 0.3) is 0 Å². The summed E-state index contributed by atoms with van der Waals surface area (Å²) >= 11 is 0. The number of aryl methyl sites for hydroxylation is 2. The third-order valence-corrected chi connectivity index (χ3v) is 5.59. The molecular weight excluding hydrogens is 326 g/mol. The Morgan fingerprint density at radius 2 is 1.96 bits per heavy atom. The van der Waals surface area contributed by atoms with Crippen molar-refractivity contribution in [2.75, 3.05) is 44.7 Å². The first-order chi connectivity index (χ1) is 12.6. The number of ether oxygens (including phenoxy) is 1. The molecule has 0 radical (unpaired) electrons. The Bertz CT molecular complexity index is 593. The molecule has 2 aliphatic heterocycles. The second-order valence-corrected chi connectivity index (χ2v) is 7.69. The van der Waals surface area contributed by atoms with Crippen LogP contribution in [0.15, 0.2) is 18.2 Å². The molecule has 0 unspecified atom stereocenters. The van der Waals surface area contributed by atoms with Crippen LogP contribution < -0.4 is 5.32 Å². The molecule has 0 saturated carbocycles. The van der Waals surface area contributed by atoms with Crippen molar-refractivity contribution >= 4 is 11.7 Å². The number of hydrogen-bond acceptors (Lipinski definition) is 3. The van der Waals surface area contributed by atoms with Crippen molar-refractivity contribution in [3.8, 4) is 0 Å². The van der Waals surface area contributed by atoms with Crippen LogP contribution in [0.2, 0.25) is 0 Å². The number of rotatable bonds is 6. The Hall–Kier alpha value is -1.59. The van der Waals surface area contributed by atoms with E-state index in [0.717, 1.165) is 56.8 Å². The number of hydrogen-bond donors (Lipinski definition) is 1. The zero-order valence-corrected chi connectivity index (χ0v) is 16.3. The van der Waals surface area contributed by atoms with E-state index in [1.807, 2.05) is 6.07 Å². The topological polar surface area (TPSA) is 44.8 Å². The molecule has 5 nitrogen and oxygen atoms in total. The number of anilines is 1. The molecule has 144 valence electrons. The number of nitrogens with zero attached hydrogens (tertiary/aromatic N) is 2. The number of amides is 2. The van der Waals surface area contributed by atoms with Gasteiger partial charge in [-0.2, -0.15) is 0 Å². The van der Waals surface area contributed by atoms with E-state index in [9.17, 15) is 4.79 Å². The van der Waals surface area contributed by atoms with Gasteiger partial charge in [-0.3, -0.25) is 0 Å². The Morgan fingerprint density at radius 3 is 2.65 bits per heavy atom. The Morgan fingerprint density at radius 1 is 1.23 bits per heavy atom. The lowest BCUT2D eigenvalue weighted by Gasteiger charge is -2.35. The predicted molar refractivity (Wildman–Crippen MR) is 106 cm³/mol. The first-order valence-corrected chi connectivity index (χ1v) is 10.1. The van der Waals surface area contributed by atoms with Crippen LogP contribution in [0, 0.1) is 13.8 Å². The largest absolute Gasteiger partial charge is 0.381 e. The van der Waals surface area contributed by atoms with E-state index in [0.29, 0.717) is 0 Å². The van der Waals surface area contributed by atoms with Crippen molar-refractivity contribution in [3.05, 3.63) is 29.3 Å². The minimum atomic E-state index is 0.0327. The SMILES string of the molecule is Cc1ccc(NC(=O)N(CCCN2CCCC2)C2CCOCC2)c(C)c1. The lowest BCUT2D eigenvalue weighted by molar-refractivity contribution is 0.0471. The van der Waals surface area contributed by atoms with E-state index in [1.54, 1.807) is 0 Å². The zero-order chi connectivity index (χ0) is 18.4. The molecule has 0 aliphatic carbocycles. The van der Waals surface area contributed by atoms with Crippen LogP contribution in [0.5, 0.6) is 0 Å². The minimum Gasteiger partial charge on any atom is -0.381 e. The zero-order valence-electron chi connectivity index (χ0n) is 16.3. The van der Waals surface area contributed by atoms with Gasteiger partial charge >= 0.3 is 6.03 Å². The van der Waals surface area contributed by atoms with Crippen LogP contribution in [-0.2, 0) is 4.74 Å². The van der Waals surface area contributed by atoms with Gasteiger partial charge in [-0.1, -0.05) is 17.7 Å². The predicted octanol–water partition coefficient (Wildman–Crippen LogP) is 3.80. The first-order valence-electron chi connectivity index (χ1n) is 10.1. The molecule has 3 rings (SSSR count). The Labute approximate surface area is 157 Å². The van der Waals surface area contributed by atoms with Gasteiger partial charge in [0.2, 0.25) is 0 Å². The van der Waals surface area contributed by atoms with E-state index in [1.165, 1.54) is 31.5 Å². The summed E-state index contributed by atoms with van der Waals surface area (Å²) in [6, 6.07) is 6.49. The second kappa shape index (κ2) is 9.38. The van der Waals surface area contributed by atoms with Crippen LogP contribution in [0.1, 0.15) is 43.2 Å². The van der Waals surface area contributed by atoms with E-state index in [4.69, 9.17) is 4.74 Å². The van der Waals surface area contributed by atoms with Crippen molar-refractivity contribution in [3.63, 3.8) is 0 Å². The lowest BCUT2D eigenvalue weighted by atomic mass is 10.1. The number of likely N-dealkylation sites (tertiary alicyclic amines) is 1. The summed E-state index contributed by atoms with van der Waals surface area (Å²) in [6.07, 6.45) is 5.54. The normalized spacial score (nSPS) is 18.8. The fraction of sp³-hybridized carbons (Fsp3) is 0.667. The fourth-order valence-electron chi connectivity index (χ4n) is 4.06. The maximum absolute atomic E-state index is 13.0. The summed E-state index contributed by atoms with van der Waals surface area (Å²) in [4.78, 5) is 17.6. The van der Waals surface area contributed by atoms with Crippen molar-refractivity contribution < 1.29 is 9.53 Å². The number of carbonyl (C=O) groups excluding carboxylic acids is 1. The summed E-state index contributed by atoms with van der Waals surface area (Å²) < 4.78 is 5.50. The molecular formula is C21H33N3O2. The van der Waals surface area contributed by atoms with Gasteiger partial charge in [-0.15, -0.1) is 0 Å². The van der Waals surface area contributed by atoms with Gasteiger partial charge in [-0.25, -0.2) is 4.79 Å². The molecule has 2 heterocycles. The molecule has 1 N–H and O–H groups in total. The number of urea groups is 1. The summed E-state index contributed by atoms with van der Waals surface area (Å²) in [6.45, 7) is 9.97. The molecule has 2 saturated heterocycles. The van der Waals surface area contributed by atoms with Gasteiger partial charge in [0, 0.05) is 31.5 Å². The summed E-state index contributed by atoms with van der Waals surface area (Å²) in [5, 5.41) is 3.15. The van der Waals surface area contributed by atoms with E-state index in [2.05, 4.69) is 41.1 Å². The van der Waals surface area contributed by atoms with Gasteiger partial charge in [0.05, 0.1) is 0 Å². The second-order valence-electron chi connectivity index (χ2n) is 7.69. The first kappa shape index (κ1) is 19.2. The number of carbonyl (C=O) groups is 1. The molecule has 2 fully saturated rings. The third-order valence-electron chi connectivity index (χ3n) is 5.59. The highest BCUT2D eigenvalue weighted by Crippen LogP contribution is 2.20. The van der Waals surface area contributed by atoms with Crippen molar-refractivity contribution in [1.29, 1.82) is 0 Å². The molecule has 0 bridgehead atoms. The Kier molecular flexibility index (Phi) is 6.92. The van der Waals surface area contributed by atoms with Crippen molar-refractivity contribution in [2.45, 2.75) is 52.0 Å². The van der Waals surface area contributed by atoms with Crippen LogP contribution in [-0.4, -0.2) is 61.3 Å². The Balaban J connectivity index is 1.61. The quantitative estimate of drug-likeness (QED) is 0.840. The highest BCUT2D eigenvalue weighted by atomic mass is 16.5. The average molecular weight is 360 g/mol. The van der Waals surface area contributed by atoms with Crippen molar-refractivity contribution in [2.24, 2.45) is 0 Å². The van der Waals surface area contributed by atoms with Gasteiger partial charge in [-0.05, 0) is 77.2 Å². The maximum atomic E-state index is 13.0. The monoisotopic (exact) mass is 359 g/mol. The summed E-state index contributed by atoms with van der Waals surface area (Å²) in [7, 11) is 0. The van der Waals surface area contributed by atoms with Gasteiger partial charge in [0.1, 0.15) is 0 Å². The molecule has 2 amide bonds. The molecule has 0 atom stereocenters. The van der Waals surface area contributed by atoms with Gasteiger partial charge < -0.3 is 19.9 Å². The van der Waals surface area contributed by atoms with Gasteiger partial charge in [0.15, 0.2) is 0 Å². The lowest BCUT2D eigenvalue weighted by Crippen LogP contribution is -2.46. The molecule has 26 heavy (non-hydrogen) atoms. The fourth-order valence-corrected chi connectivity index (χ4v) is 4.06. The van der Waals surface area contributed by atoms with Crippen LogP contribution in [0.4, 0.5) is 10.5 Å². The standard InChI is InChI=1S/C21H33N3O2/c1-17-6-7-20(18(2)16-17)22-21(25)24(19-8-14-26-15-9-19)13-5-12-23-10-3-4-11-23/h6-7,16,19H,3-5,8-15H2,1-2H3,(H,22,25). The average Bonchev–Trinajstić information content (AvgIpc) is 3.15. The highest BCUT2D eigenvalue weighted by Gasteiger charge is 2.26. The number of benzene rings is 1. The summed E-state index contributed by atoms with van der Waals surface area (Å²) in [5.41, 5.74) is 3.24. The molecule has 1 aromatic carbocycles. The third kappa shape index (κ3) is 5.21. The van der Waals surface area contributed by atoms with E-state index >= 15 is 0 Å². The van der Waals surface area contributed by atoms with Crippen LogP contribution in [0.25, 0.3) is 0 Å². The summed E-state index contributed by atoms with van der Waals surface area (Å²) in [5.74, 6) is 0. The van der Waals surface area contributed by atoms with Crippen LogP contribution >= 0.6 is 0 Å². The van der Waals surface area contributed by atoms with Crippen molar-refractivity contribution in [1.82, 2.24) is 9.80 Å². The molecule has 0 aromatic heterocycles. The van der Waals surface area contributed by atoms with E-state index in [-0.39, 0.29) is 12.1 Å².